The van der Waals surface area contributed by atoms with Gasteiger partial charge in [-0.05, 0) is 31.2 Å². The maximum Gasteiger partial charge on any atom is 0.264 e. The van der Waals surface area contributed by atoms with Gasteiger partial charge < -0.3 is 5.32 Å². The van der Waals surface area contributed by atoms with Gasteiger partial charge in [0.1, 0.15) is 16.5 Å². The first-order valence-corrected chi connectivity index (χ1v) is 10.7. The van der Waals surface area contributed by atoms with E-state index in [1.165, 1.54) is 41.1 Å². The van der Waals surface area contributed by atoms with Crippen molar-refractivity contribution in [3.63, 3.8) is 0 Å². The van der Waals surface area contributed by atoms with E-state index >= 15 is 0 Å². The van der Waals surface area contributed by atoms with E-state index in [1.807, 2.05) is 0 Å². The van der Waals surface area contributed by atoms with Gasteiger partial charge in [-0.1, -0.05) is 23.2 Å². The molecule has 0 fully saturated rings. The number of benzene rings is 1. The first-order valence-electron chi connectivity index (χ1n) is 7.54. The van der Waals surface area contributed by atoms with Crippen LogP contribution in [0.3, 0.4) is 0 Å². The molecule has 3 aromatic rings. The molecule has 1 aromatic carbocycles. The summed E-state index contributed by atoms with van der Waals surface area (Å²) in [4.78, 5) is 7.81. The Morgan fingerprint density at radius 1 is 1.22 bits per heavy atom. The van der Waals surface area contributed by atoms with Crippen LogP contribution >= 0.6 is 34.5 Å². The van der Waals surface area contributed by atoms with E-state index in [0.29, 0.717) is 10.6 Å². The van der Waals surface area contributed by atoms with E-state index in [-0.39, 0.29) is 21.6 Å². The van der Waals surface area contributed by atoms with Crippen molar-refractivity contribution in [2.24, 2.45) is 0 Å². The summed E-state index contributed by atoms with van der Waals surface area (Å²) in [5, 5.41) is 4.98. The van der Waals surface area contributed by atoms with Crippen molar-refractivity contribution in [1.29, 1.82) is 0 Å². The summed E-state index contributed by atoms with van der Waals surface area (Å²) in [7, 11) is -3.87. The molecule has 0 aliphatic carbocycles. The Morgan fingerprint density at radius 2 is 2.00 bits per heavy atom. The van der Waals surface area contributed by atoms with Crippen molar-refractivity contribution in [2.75, 3.05) is 10.0 Å². The number of nitrogens with zero attached hydrogens (tertiary/aromatic N) is 2. The first kappa shape index (κ1) is 19.8. The molecule has 2 aromatic heterocycles. The van der Waals surface area contributed by atoms with Crippen LogP contribution in [0.5, 0.6) is 0 Å². The van der Waals surface area contributed by atoms with Gasteiger partial charge in [0.25, 0.3) is 10.0 Å². The largest absolute Gasteiger partial charge is 0.362 e. The number of hydrogen-bond donors (Lipinski definition) is 2. The smallest absolute Gasteiger partial charge is 0.264 e. The van der Waals surface area contributed by atoms with Gasteiger partial charge in [-0.15, -0.1) is 11.3 Å². The number of halogens is 3. The molecule has 0 radical (unpaired) electrons. The second kappa shape index (κ2) is 7.97. The van der Waals surface area contributed by atoms with E-state index < -0.39 is 21.9 Å². The van der Waals surface area contributed by atoms with E-state index in [1.54, 1.807) is 12.3 Å². The molecule has 27 heavy (non-hydrogen) atoms. The monoisotopic (exact) mass is 446 g/mol. The third-order valence-corrected chi connectivity index (χ3v) is 6.01. The molecule has 0 unspecified atom stereocenters. The van der Waals surface area contributed by atoms with Crippen LogP contribution in [-0.2, 0) is 10.0 Å². The summed E-state index contributed by atoms with van der Waals surface area (Å²) in [5.41, 5.74) is 1.84. The van der Waals surface area contributed by atoms with Crippen LogP contribution in [0.15, 0.2) is 46.2 Å². The molecule has 1 atom stereocenters. The number of nitrogens with one attached hydrogen (secondary N) is 2. The molecule has 0 amide bonds. The molecule has 0 bridgehead atoms. The highest BCUT2D eigenvalue weighted by Crippen LogP contribution is 2.29. The molecule has 0 saturated carbocycles. The van der Waals surface area contributed by atoms with Crippen molar-refractivity contribution < 1.29 is 12.8 Å². The zero-order chi connectivity index (χ0) is 19.6. The highest BCUT2D eigenvalue weighted by molar-refractivity contribution is 7.92. The van der Waals surface area contributed by atoms with Gasteiger partial charge in [0, 0.05) is 22.2 Å². The molecule has 2 N–H and O–H groups in total. The van der Waals surface area contributed by atoms with Crippen LogP contribution in [0.4, 0.5) is 16.0 Å². The fraction of sp³-hybridized carbons (Fsp3) is 0.125. The molecule has 11 heteroatoms. The minimum absolute atomic E-state index is 0.0745. The second-order valence-electron chi connectivity index (χ2n) is 5.51. The second-order valence-corrected chi connectivity index (χ2v) is 8.76. The SMILES string of the molecule is C[C@H](Nc1ncc(S(=O)(=O)Nc2cscn2)cc1Cl)c1cc(Cl)ccc1F. The molecule has 3 rings (SSSR count). The molecular weight excluding hydrogens is 434 g/mol. The minimum atomic E-state index is -3.87. The van der Waals surface area contributed by atoms with Crippen LogP contribution in [0, 0.1) is 5.82 Å². The summed E-state index contributed by atoms with van der Waals surface area (Å²) in [6.07, 6.45) is 1.16. The number of rotatable bonds is 6. The van der Waals surface area contributed by atoms with Crippen molar-refractivity contribution >= 4 is 56.2 Å². The third-order valence-electron chi connectivity index (χ3n) is 3.58. The number of pyridine rings is 1. The van der Waals surface area contributed by atoms with E-state index in [9.17, 15) is 12.8 Å². The zero-order valence-corrected chi connectivity index (χ0v) is 16.9. The Balaban J connectivity index is 1.81. The number of sulfonamides is 1. The van der Waals surface area contributed by atoms with E-state index in [4.69, 9.17) is 23.2 Å². The lowest BCUT2D eigenvalue weighted by Gasteiger charge is -2.17. The number of aromatic nitrogens is 2. The molecule has 142 valence electrons. The van der Waals surface area contributed by atoms with Gasteiger partial charge in [-0.2, -0.15) is 0 Å². The third kappa shape index (κ3) is 4.67. The number of hydrogen-bond acceptors (Lipinski definition) is 6. The predicted octanol–water partition coefficient (Wildman–Crippen LogP) is 4.96. The normalized spacial score (nSPS) is 12.6. The van der Waals surface area contributed by atoms with Gasteiger partial charge in [-0.3, -0.25) is 4.72 Å². The maximum atomic E-state index is 14.0. The molecule has 6 nitrogen and oxygen atoms in total. The lowest BCUT2D eigenvalue weighted by atomic mass is 10.1. The Labute approximate surface area is 169 Å². The molecule has 0 spiro atoms. The van der Waals surface area contributed by atoms with Crippen molar-refractivity contribution in [3.8, 4) is 0 Å². The highest BCUT2D eigenvalue weighted by Gasteiger charge is 2.19. The molecule has 2 heterocycles. The van der Waals surface area contributed by atoms with Crippen molar-refractivity contribution in [2.45, 2.75) is 17.9 Å². The quantitative estimate of drug-likeness (QED) is 0.558. The lowest BCUT2D eigenvalue weighted by Crippen LogP contribution is -2.15. The van der Waals surface area contributed by atoms with Crippen LogP contribution in [0.1, 0.15) is 18.5 Å². The Hall–Kier alpha value is -1.94. The fourth-order valence-corrected chi connectivity index (χ4v) is 4.26. The molecule has 0 saturated heterocycles. The van der Waals surface area contributed by atoms with Crippen LogP contribution < -0.4 is 10.0 Å². The molecule has 0 aliphatic heterocycles. The van der Waals surface area contributed by atoms with Crippen molar-refractivity contribution in [3.05, 3.63) is 62.8 Å². The Bertz CT molecular complexity index is 1060. The minimum Gasteiger partial charge on any atom is -0.362 e. The van der Waals surface area contributed by atoms with Crippen LogP contribution in [0.2, 0.25) is 10.0 Å². The lowest BCUT2D eigenvalue weighted by molar-refractivity contribution is 0.600. The van der Waals surface area contributed by atoms with Gasteiger partial charge in [0.05, 0.1) is 16.6 Å². The standard InChI is InChI=1S/C16H13Cl2FN4O2S2/c1-9(12-4-10(17)2-3-14(12)19)22-16-13(18)5-11(6-20-16)27(24,25)23-15-7-26-8-21-15/h2-9,23H,1H3,(H,20,22)/t9-/m0/s1. The van der Waals surface area contributed by atoms with Gasteiger partial charge >= 0.3 is 0 Å². The van der Waals surface area contributed by atoms with E-state index in [0.717, 1.165) is 6.20 Å². The van der Waals surface area contributed by atoms with Gasteiger partial charge in [0.15, 0.2) is 5.82 Å². The highest BCUT2D eigenvalue weighted by atomic mass is 35.5. The van der Waals surface area contributed by atoms with Gasteiger partial charge in [-0.25, -0.2) is 22.8 Å². The predicted molar refractivity (Wildman–Crippen MR) is 106 cm³/mol. The maximum absolute atomic E-state index is 14.0. The first-order chi connectivity index (χ1) is 12.8. The Morgan fingerprint density at radius 3 is 2.67 bits per heavy atom. The number of thiazole rings is 1. The average Bonchev–Trinajstić information content (AvgIpc) is 3.10. The summed E-state index contributed by atoms with van der Waals surface area (Å²) < 4.78 is 41.0. The molecular formula is C16H13Cl2FN4O2S2. The van der Waals surface area contributed by atoms with Gasteiger partial charge in [0.2, 0.25) is 0 Å². The van der Waals surface area contributed by atoms with E-state index in [2.05, 4.69) is 20.0 Å². The topological polar surface area (TPSA) is 84.0 Å². The zero-order valence-electron chi connectivity index (χ0n) is 13.8. The molecule has 0 aliphatic rings. The average molecular weight is 447 g/mol. The summed E-state index contributed by atoms with van der Waals surface area (Å²) >= 11 is 13.3. The summed E-state index contributed by atoms with van der Waals surface area (Å²) in [6, 6.07) is 4.98. The summed E-state index contributed by atoms with van der Waals surface area (Å²) in [6.45, 7) is 1.71. The fourth-order valence-electron chi connectivity index (χ4n) is 2.26. The number of anilines is 2. The summed E-state index contributed by atoms with van der Waals surface area (Å²) in [5.74, 6) is 0.00158. The van der Waals surface area contributed by atoms with Crippen LogP contribution in [-0.4, -0.2) is 18.4 Å². The van der Waals surface area contributed by atoms with Crippen LogP contribution in [0.25, 0.3) is 0 Å². The Kier molecular flexibility index (Phi) is 5.85. The van der Waals surface area contributed by atoms with Crippen molar-refractivity contribution in [1.82, 2.24) is 9.97 Å².